The smallest absolute Gasteiger partial charge is 0.253 e. The third-order valence-corrected chi connectivity index (χ3v) is 6.21. The summed E-state index contributed by atoms with van der Waals surface area (Å²) >= 11 is 1.31. The van der Waals surface area contributed by atoms with Crippen LogP contribution >= 0.6 is 11.3 Å². The monoisotopic (exact) mass is 504 g/mol. The van der Waals surface area contributed by atoms with Crippen LogP contribution in [0.5, 0.6) is 0 Å². The van der Waals surface area contributed by atoms with Crippen LogP contribution in [0.4, 0.5) is 5.13 Å². The molecule has 0 aliphatic heterocycles. The standard InChI is InChI=1S/C26H28N6O3S/c1-26(2,3)32-11-9-19(13-32)23(33)29-21(14-35-4)24(34)31-25-30-22(15-36-25)18-7-5-6-17(12-18)20-8-10-27-16-28-20/h5-13,15-16,21H,14H2,1-4H3,(H,29,33)(H,30,31,34)/t21-/m0/s1. The minimum absolute atomic E-state index is 0.0246. The number of nitrogens with one attached hydrogen (secondary N) is 2. The Kier molecular flexibility index (Phi) is 7.56. The number of carbonyl (C=O) groups is 2. The van der Waals surface area contributed by atoms with Gasteiger partial charge in [0, 0.05) is 47.7 Å². The average molecular weight is 505 g/mol. The average Bonchev–Trinajstić information content (AvgIpc) is 3.55. The van der Waals surface area contributed by atoms with E-state index < -0.39 is 11.9 Å². The van der Waals surface area contributed by atoms with Gasteiger partial charge in [-0.25, -0.2) is 15.0 Å². The van der Waals surface area contributed by atoms with Crippen LogP contribution in [0.3, 0.4) is 0 Å². The van der Waals surface area contributed by atoms with E-state index in [4.69, 9.17) is 4.74 Å². The van der Waals surface area contributed by atoms with Crippen LogP contribution < -0.4 is 10.6 Å². The van der Waals surface area contributed by atoms with E-state index in [9.17, 15) is 9.59 Å². The van der Waals surface area contributed by atoms with Crippen molar-refractivity contribution in [3.8, 4) is 22.5 Å². The van der Waals surface area contributed by atoms with E-state index in [2.05, 4.69) is 25.6 Å². The molecule has 0 saturated carbocycles. The Labute approximate surface area is 213 Å². The first kappa shape index (κ1) is 25.2. The van der Waals surface area contributed by atoms with Crippen molar-refractivity contribution in [3.63, 3.8) is 0 Å². The summed E-state index contributed by atoms with van der Waals surface area (Å²) in [6.07, 6.45) is 6.81. The molecule has 0 aliphatic carbocycles. The van der Waals surface area contributed by atoms with E-state index in [0.29, 0.717) is 10.7 Å². The molecule has 4 rings (SSSR count). The zero-order valence-corrected chi connectivity index (χ0v) is 21.4. The summed E-state index contributed by atoms with van der Waals surface area (Å²) in [5, 5.41) is 7.85. The molecule has 186 valence electrons. The minimum Gasteiger partial charge on any atom is -0.382 e. The molecule has 3 heterocycles. The van der Waals surface area contributed by atoms with Crippen LogP contribution in [0.25, 0.3) is 22.5 Å². The highest BCUT2D eigenvalue weighted by Gasteiger charge is 2.24. The lowest BCUT2D eigenvalue weighted by atomic mass is 10.1. The van der Waals surface area contributed by atoms with Gasteiger partial charge >= 0.3 is 0 Å². The predicted molar refractivity (Wildman–Crippen MR) is 140 cm³/mol. The van der Waals surface area contributed by atoms with Crippen molar-refractivity contribution in [2.45, 2.75) is 32.4 Å². The molecule has 1 atom stereocenters. The summed E-state index contributed by atoms with van der Waals surface area (Å²) in [7, 11) is 1.48. The number of amides is 2. The Bertz CT molecular complexity index is 1340. The highest BCUT2D eigenvalue weighted by Crippen LogP contribution is 2.28. The van der Waals surface area contributed by atoms with E-state index >= 15 is 0 Å². The molecule has 3 aromatic heterocycles. The lowest BCUT2D eigenvalue weighted by molar-refractivity contribution is -0.119. The van der Waals surface area contributed by atoms with Crippen LogP contribution in [0.15, 0.2) is 66.7 Å². The summed E-state index contributed by atoms with van der Waals surface area (Å²) in [5.74, 6) is -0.757. The van der Waals surface area contributed by atoms with Gasteiger partial charge in [0.2, 0.25) is 0 Å². The van der Waals surface area contributed by atoms with Crippen molar-refractivity contribution in [2.75, 3.05) is 19.0 Å². The summed E-state index contributed by atoms with van der Waals surface area (Å²) in [6.45, 7) is 6.16. The third kappa shape index (κ3) is 6.02. The van der Waals surface area contributed by atoms with Crippen molar-refractivity contribution in [1.29, 1.82) is 0 Å². The Morgan fingerprint density at radius 1 is 1.14 bits per heavy atom. The highest BCUT2D eigenvalue weighted by atomic mass is 32.1. The van der Waals surface area contributed by atoms with E-state index in [1.54, 1.807) is 18.5 Å². The normalized spacial score (nSPS) is 12.2. The molecule has 36 heavy (non-hydrogen) atoms. The van der Waals surface area contributed by atoms with Crippen molar-refractivity contribution < 1.29 is 14.3 Å². The van der Waals surface area contributed by atoms with Gasteiger partial charge in [0.25, 0.3) is 11.8 Å². The van der Waals surface area contributed by atoms with Crippen molar-refractivity contribution >= 4 is 28.3 Å². The number of aromatic nitrogens is 4. The number of hydrogen-bond acceptors (Lipinski definition) is 7. The fourth-order valence-corrected chi connectivity index (χ4v) is 4.22. The number of methoxy groups -OCH3 is 1. The quantitative estimate of drug-likeness (QED) is 0.372. The van der Waals surface area contributed by atoms with E-state index in [1.807, 2.05) is 67.2 Å². The molecule has 0 aliphatic rings. The van der Waals surface area contributed by atoms with Gasteiger partial charge < -0.3 is 19.9 Å². The molecule has 0 bridgehead atoms. The fraction of sp³-hybridized carbons (Fsp3) is 0.269. The second kappa shape index (κ2) is 10.8. The number of thiazole rings is 1. The molecule has 1 aromatic carbocycles. The van der Waals surface area contributed by atoms with E-state index in [1.165, 1.54) is 24.8 Å². The maximum absolute atomic E-state index is 13.0. The number of nitrogens with zero attached hydrogens (tertiary/aromatic N) is 4. The van der Waals surface area contributed by atoms with Crippen LogP contribution in [0.2, 0.25) is 0 Å². The predicted octanol–water partition coefficient (Wildman–Crippen LogP) is 4.21. The van der Waals surface area contributed by atoms with Gasteiger partial charge in [-0.3, -0.25) is 9.59 Å². The molecule has 0 saturated heterocycles. The Morgan fingerprint density at radius 2 is 1.92 bits per heavy atom. The second-order valence-electron chi connectivity index (χ2n) is 9.16. The molecule has 2 amide bonds. The SMILES string of the molecule is COC[C@H](NC(=O)c1ccn(C(C)(C)C)c1)C(=O)Nc1nc(-c2cccc(-c3ccncn3)c2)cs1. The van der Waals surface area contributed by atoms with Gasteiger partial charge in [-0.2, -0.15) is 0 Å². The largest absolute Gasteiger partial charge is 0.382 e. The molecular formula is C26H28N6O3S. The summed E-state index contributed by atoms with van der Waals surface area (Å²) in [5.41, 5.74) is 3.69. The molecule has 0 unspecified atom stereocenters. The van der Waals surface area contributed by atoms with E-state index in [0.717, 1.165) is 22.5 Å². The van der Waals surface area contributed by atoms with Gasteiger partial charge in [-0.15, -0.1) is 11.3 Å². The topological polar surface area (TPSA) is 111 Å². The zero-order chi connectivity index (χ0) is 25.7. The molecular weight excluding hydrogens is 476 g/mol. The third-order valence-electron chi connectivity index (χ3n) is 5.46. The Morgan fingerprint density at radius 3 is 2.58 bits per heavy atom. The summed E-state index contributed by atoms with van der Waals surface area (Å²) in [6, 6.07) is 10.5. The van der Waals surface area contributed by atoms with E-state index in [-0.39, 0.29) is 18.1 Å². The lowest BCUT2D eigenvalue weighted by Crippen LogP contribution is -2.46. The van der Waals surface area contributed by atoms with Gasteiger partial charge in [0.15, 0.2) is 5.13 Å². The number of ether oxygens (including phenoxy) is 1. The van der Waals surface area contributed by atoms with Crippen LogP contribution in [0.1, 0.15) is 31.1 Å². The Hall–Kier alpha value is -3.89. The number of rotatable bonds is 8. The minimum atomic E-state index is -0.881. The van der Waals surface area contributed by atoms with Gasteiger partial charge in [-0.05, 0) is 39.0 Å². The molecule has 2 N–H and O–H groups in total. The first-order valence-electron chi connectivity index (χ1n) is 11.4. The molecule has 0 spiro atoms. The van der Waals surface area contributed by atoms with Gasteiger partial charge in [0.1, 0.15) is 12.4 Å². The van der Waals surface area contributed by atoms with Crippen LogP contribution in [-0.2, 0) is 15.1 Å². The fourth-order valence-electron chi connectivity index (χ4n) is 3.49. The number of anilines is 1. The van der Waals surface area contributed by atoms with Crippen molar-refractivity contribution in [1.82, 2.24) is 24.8 Å². The van der Waals surface area contributed by atoms with Gasteiger partial charge in [0.05, 0.1) is 23.6 Å². The van der Waals surface area contributed by atoms with Crippen LogP contribution in [-0.4, -0.2) is 51.1 Å². The molecule has 0 radical (unpaired) electrons. The zero-order valence-electron chi connectivity index (χ0n) is 20.6. The van der Waals surface area contributed by atoms with Gasteiger partial charge in [-0.1, -0.05) is 18.2 Å². The molecule has 0 fully saturated rings. The lowest BCUT2D eigenvalue weighted by Gasteiger charge is -2.21. The summed E-state index contributed by atoms with van der Waals surface area (Å²) < 4.78 is 7.13. The highest BCUT2D eigenvalue weighted by molar-refractivity contribution is 7.14. The summed E-state index contributed by atoms with van der Waals surface area (Å²) in [4.78, 5) is 38.6. The number of benzene rings is 1. The van der Waals surface area contributed by atoms with Crippen LogP contribution in [0, 0.1) is 0 Å². The maximum atomic E-state index is 13.0. The molecule has 4 aromatic rings. The number of carbonyl (C=O) groups excluding carboxylic acids is 2. The Balaban J connectivity index is 1.44. The molecule has 10 heteroatoms. The molecule has 9 nitrogen and oxygen atoms in total. The first-order chi connectivity index (χ1) is 17.2. The van der Waals surface area contributed by atoms with Crippen molar-refractivity contribution in [2.24, 2.45) is 0 Å². The van der Waals surface area contributed by atoms with Crippen molar-refractivity contribution in [3.05, 3.63) is 72.3 Å². The number of hydrogen-bond donors (Lipinski definition) is 2. The second-order valence-corrected chi connectivity index (χ2v) is 10.0. The maximum Gasteiger partial charge on any atom is 0.253 e. The first-order valence-corrected chi connectivity index (χ1v) is 12.2.